The summed E-state index contributed by atoms with van der Waals surface area (Å²) < 4.78 is 57.6. The van der Waals surface area contributed by atoms with E-state index in [1.54, 1.807) is 24.3 Å². The number of rotatable bonds is 17. The van der Waals surface area contributed by atoms with E-state index >= 15 is 0 Å². The number of amides is 1. The van der Waals surface area contributed by atoms with E-state index in [1.165, 1.54) is 37.1 Å². The minimum absolute atomic E-state index is 0. The van der Waals surface area contributed by atoms with E-state index in [4.69, 9.17) is 34.0 Å². The van der Waals surface area contributed by atoms with Gasteiger partial charge < -0.3 is 55.4 Å². The number of aliphatic carboxylic acids is 1. The average Bonchev–Trinajstić information content (AvgIpc) is 4.19. The van der Waals surface area contributed by atoms with Crippen LogP contribution in [0, 0.1) is 11.8 Å². The number of benzene rings is 4. The number of nitrogens with zero attached hydrogens (tertiary/aromatic N) is 4. The fourth-order valence-electron chi connectivity index (χ4n) is 9.01. The number of carbonyl (C=O) groups excluding carboxylic acids is 1. The first-order valence-corrected chi connectivity index (χ1v) is 24.1. The van der Waals surface area contributed by atoms with Crippen LogP contribution in [0.2, 0.25) is 10.0 Å². The van der Waals surface area contributed by atoms with E-state index in [1.807, 2.05) is 48.5 Å². The van der Waals surface area contributed by atoms with Gasteiger partial charge >= 0.3 is 19.2 Å². The Morgan fingerprint density at radius 2 is 1.00 bits per heavy atom. The maximum absolute atomic E-state index is 13.2. The number of anilines is 2. The molecule has 4 aliphatic heterocycles. The van der Waals surface area contributed by atoms with Gasteiger partial charge in [-0.1, -0.05) is 62.3 Å². The molecule has 6 atom stereocenters. The molecule has 0 radical (unpaired) electrons. The normalized spacial score (nSPS) is 19.3. The number of aliphatic hydroxyl groups is 2. The van der Waals surface area contributed by atoms with Gasteiger partial charge in [0.2, 0.25) is 5.91 Å². The number of carboxylic acids is 1. The van der Waals surface area contributed by atoms with Crippen LogP contribution in [-0.4, -0.2) is 128 Å². The molecule has 72 heavy (non-hydrogen) atoms. The first kappa shape index (κ1) is 62.1. The Morgan fingerprint density at radius 3 is 1.40 bits per heavy atom. The van der Waals surface area contributed by atoms with Crippen LogP contribution in [0.1, 0.15) is 76.7 Å². The van der Waals surface area contributed by atoms with Crippen LogP contribution in [0.5, 0.6) is 11.5 Å². The van der Waals surface area contributed by atoms with Crippen LogP contribution < -0.4 is 30.3 Å². The van der Waals surface area contributed by atoms with Crippen molar-refractivity contribution in [2.45, 2.75) is 90.9 Å². The van der Waals surface area contributed by atoms with Gasteiger partial charge in [0.25, 0.3) is 0 Å². The molecule has 4 aromatic rings. The summed E-state index contributed by atoms with van der Waals surface area (Å²) in [4.78, 5) is 32.7. The predicted octanol–water partition coefficient (Wildman–Crippen LogP) is 9.35. The fraction of sp³-hybridized carbons (Fsp3) is 0.500. The average molecular weight is 1220 g/mol. The van der Waals surface area contributed by atoms with Crippen LogP contribution in [0.3, 0.4) is 0 Å². The van der Waals surface area contributed by atoms with Crippen molar-refractivity contribution < 1.29 is 73.0 Å². The minimum atomic E-state index is -2.91. The third-order valence-corrected chi connectivity index (χ3v) is 13.3. The molecule has 6 N–H and O–H groups in total. The number of likely N-dealkylation sites (tertiary alicyclic amines) is 2. The molecule has 4 aliphatic rings. The topological polar surface area (TPSA) is 164 Å². The number of nitrogens with two attached hydrogens (primary N) is 1. The molecule has 1 amide bonds. The van der Waals surface area contributed by atoms with Gasteiger partial charge in [0.05, 0.1) is 24.0 Å². The Labute approximate surface area is 445 Å². The Morgan fingerprint density at radius 1 is 0.611 bits per heavy atom. The van der Waals surface area contributed by atoms with Crippen molar-refractivity contribution in [3.63, 3.8) is 0 Å². The minimum Gasteiger partial charge on any atom is -0.481 e. The second kappa shape index (κ2) is 30.9. The van der Waals surface area contributed by atoms with E-state index in [-0.39, 0.29) is 65.2 Å². The SMILES string of the molecule is C.C.N[C@H](CN1CCCC1)[C@H](O)c1ccc(OC(F)F)cc1.O=C(N[C@H](CN1CCCC1)[C@H](O)c1ccc(OC(F)F)cc1)[C@@H]1CCN(c2ccc(Cl)cc2)C1.O=C(O)[C@@H]1CCN(c2ccc(Cl)cc2)C1.[W]. The molecule has 0 aliphatic carbocycles. The van der Waals surface area contributed by atoms with Crippen molar-refractivity contribution in [2.75, 3.05) is 75.2 Å². The third-order valence-electron chi connectivity index (χ3n) is 12.8. The van der Waals surface area contributed by atoms with Gasteiger partial charge in [0.1, 0.15) is 17.6 Å². The summed E-state index contributed by atoms with van der Waals surface area (Å²) in [6.07, 6.45) is 4.18. The van der Waals surface area contributed by atoms with Gasteiger partial charge in [0.15, 0.2) is 0 Å². The molecule has 398 valence electrons. The van der Waals surface area contributed by atoms with Crippen LogP contribution in [0.15, 0.2) is 97.1 Å². The third kappa shape index (κ3) is 19.3. The van der Waals surface area contributed by atoms with Gasteiger partial charge in [0, 0.05) is 87.8 Å². The van der Waals surface area contributed by atoms with E-state index < -0.39 is 43.5 Å². The maximum atomic E-state index is 13.2. The molecule has 4 heterocycles. The van der Waals surface area contributed by atoms with Gasteiger partial charge in [-0.05, 0) is 149 Å². The van der Waals surface area contributed by atoms with Crippen LogP contribution in [0.25, 0.3) is 0 Å². The number of carboxylic acid groups (broad SMARTS) is 1. The first-order valence-electron chi connectivity index (χ1n) is 23.3. The zero-order chi connectivity index (χ0) is 49.5. The van der Waals surface area contributed by atoms with Crippen molar-refractivity contribution in [2.24, 2.45) is 17.6 Å². The Balaban J connectivity index is 0.000000307. The van der Waals surface area contributed by atoms with Crippen molar-refractivity contribution in [3.8, 4) is 11.5 Å². The van der Waals surface area contributed by atoms with E-state index in [9.17, 15) is 37.4 Å². The number of halogens is 6. The zero-order valence-electron chi connectivity index (χ0n) is 38.7. The predicted molar refractivity (Wildman–Crippen MR) is 272 cm³/mol. The van der Waals surface area contributed by atoms with Crippen molar-refractivity contribution in [1.82, 2.24) is 15.1 Å². The molecule has 4 saturated heterocycles. The van der Waals surface area contributed by atoms with Crippen LogP contribution in [0.4, 0.5) is 28.9 Å². The summed E-state index contributed by atoms with van der Waals surface area (Å²) in [7, 11) is 0. The molecule has 0 spiro atoms. The first-order chi connectivity index (χ1) is 33.1. The molecule has 13 nitrogen and oxygen atoms in total. The number of aliphatic hydroxyl groups excluding tert-OH is 2. The van der Waals surface area contributed by atoms with Gasteiger partial charge in [-0.3, -0.25) is 9.59 Å². The number of hydrogen-bond donors (Lipinski definition) is 5. The quantitative estimate of drug-likeness (QED) is 0.0638. The Hall–Kier alpha value is -4.19. The molecule has 0 aromatic heterocycles. The van der Waals surface area contributed by atoms with Gasteiger partial charge in [-0.15, -0.1) is 0 Å². The summed E-state index contributed by atoms with van der Waals surface area (Å²) in [5.74, 6) is -1.11. The molecule has 4 aromatic carbocycles. The maximum Gasteiger partial charge on any atom is 0.387 e. The number of alkyl halides is 4. The Kier molecular flexibility index (Phi) is 26.6. The Bertz CT molecular complexity index is 2180. The second-order valence-electron chi connectivity index (χ2n) is 17.7. The van der Waals surface area contributed by atoms with Crippen molar-refractivity contribution in [1.29, 1.82) is 0 Å². The van der Waals surface area contributed by atoms with Gasteiger partial charge in [-0.25, -0.2) is 0 Å². The molecule has 0 bridgehead atoms. The molecule has 20 heteroatoms. The summed E-state index contributed by atoms with van der Waals surface area (Å²) in [6, 6.07) is 26.0. The molecule has 4 fully saturated rings. The summed E-state index contributed by atoms with van der Waals surface area (Å²) in [6.45, 7) is 2.05. The molecule has 8 rings (SSSR count). The van der Waals surface area contributed by atoms with Crippen LogP contribution in [-0.2, 0) is 30.7 Å². The molecule has 0 saturated carbocycles. The van der Waals surface area contributed by atoms with Crippen LogP contribution >= 0.6 is 23.2 Å². The van der Waals surface area contributed by atoms with Crippen molar-refractivity contribution in [3.05, 3.63) is 118 Å². The zero-order valence-corrected chi connectivity index (χ0v) is 43.1. The van der Waals surface area contributed by atoms with Crippen molar-refractivity contribution >= 4 is 46.5 Å². The smallest absolute Gasteiger partial charge is 0.387 e. The molecular formula is C52H70Cl2F4N6O7W. The summed E-state index contributed by atoms with van der Waals surface area (Å²) >= 11 is 11.8. The summed E-state index contributed by atoms with van der Waals surface area (Å²) in [5, 5.41) is 34.6. The van der Waals surface area contributed by atoms with Gasteiger partial charge in [-0.2, -0.15) is 17.6 Å². The molecular weight excluding hydrogens is 1150 g/mol. The molecule has 0 unspecified atom stereocenters. The number of ether oxygens (including phenoxy) is 2. The number of carbonyl (C=O) groups is 2. The monoisotopic (exact) mass is 1220 g/mol. The largest absolute Gasteiger partial charge is 0.481 e. The van der Waals surface area contributed by atoms with E-state index in [0.717, 1.165) is 76.3 Å². The second-order valence-corrected chi connectivity index (χ2v) is 18.6. The standard InChI is InChI=1S/C25H30ClF2N3O3.C14H20F2N2O2.C11H12ClNO2.2CH4.W/c26-19-5-7-20(8-6-19)31-14-11-18(15-31)24(33)29-22(16-30-12-1-2-13-30)23(32)17-3-9-21(10-4-17)34-25(27)28;15-14(16)20-11-5-3-10(4-6-11)13(19)12(17)9-18-7-1-2-8-18;12-9-1-3-10(4-2-9)13-6-5-8(7-13)11(14)15;;;/h3-10,18,22-23,25,32H,1-2,11-16H2,(H,29,33);3-6,12-14,19H,1-2,7-9,17H2;1-4,8H,5-7H2,(H,14,15);2*1H4;/t18-,22-,23-;12-,13-;8-;;;/m111.../s1. The van der Waals surface area contributed by atoms with E-state index in [0.29, 0.717) is 47.4 Å². The number of nitrogens with one attached hydrogen (secondary N) is 1. The number of hydrogen-bond acceptors (Lipinski definition) is 11. The fourth-order valence-corrected chi connectivity index (χ4v) is 9.26. The summed E-state index contributed by atoms with van der Waals surface area (Å²) in [5.41, 5.74) is 9.23. The van der Waals surface area contributed by atoms with E-state index in [2.05, 4.69) is 34.4 Å².